The van der Waals surface area contributed by atoms with Gasteiger partial charge in [-0.05, 0) is 31.6 Å². The maximum absolute atomic E-state index is 12.5. The van der Waals surface area contributed by atoms with Gasteiger partial charge in [0.1, 0.15) is 0 Å². The molecule has 0 aliphatic heterocycles. The predicted octanol–water partition coefficient (Wildman–Crippen LogP) is 3.29. The van der Waals surface area contributed by atoms with Crippen molar-refractivity contribution >= 4 is 5.78 Å². The Balaban J connectivity index is 2.77. The Bertz CT molecular complexity index is 233. The smallest absolute Gasteiger partial charge is 0.155 e. The molecular formula is C14H27NO. The van der Waals surface area contributed by atoms with Crippen molar-refractivity contribution in [3.63, 3.8) is 0 Å². The van der Waals surface area contributed by atoms with Crippen molar-refractivity contribution in [3.05, 3.63) is 0 Å². The van der Waals surface area contributed by atoms with Gasteiger partial charge in [0.15, 0.2) is 5.78 Å². The molecule has 2 N–H and O–H groups in total. The lowest BCUT2D eigenvalue weighted by atomic mass is 9.70. The van der Waals surface area contributed by atoms with Gasteiger partial charge in [-0.2, -0.15) is 0 Å². The third kappa shape index (κ3) is 2.65. The zero-order valence-corrected chi connectivity index (χ0v) is 11.1. The van der Waals surface area contributed by atoms with Crippen molar-refractivity contribution in [2.24, 2.45) is 17.6 Å². The molecule has 0 saturated heterocycles. The van der Waals surface area contributed by atoms with Crippen molar-refractivity contribution in [1.29, 1.82) is 0 Å². The summed E-state index contributed by atoms with van der Waals surface area (Å²) < 4.78 is 0. The number of hydrogen-bond donors (Lipinski definition) is 1. The van der Waals surface area contributed by atoms with Gasteiger partial charge in [0, 0.05) is 5.92 Å². The molecule has 0 heterocycles. The summed E-state index contributed by atoms with van der Waals surface area (Å²) in [5.41, 5.74) is 5.68. The van der Waals surface area contributed by atoms with Crippen molar-refractivity contribution < 1.29 is 4.79 Å². The van der Waals surface area contributed by atoms with Crippen LogP contribution in [-0.4, -0.2) is 11.3 Å². The first-order valence-corrected chi connectivity index (χ1v) is 6.92. The van der Waals surface area contributed by atoms with Crippen LogP contribution < -0.4 is 5.73 Å². The van der Waals surface area contributed by atoms with Crippen LogP contribution in [0.5, 0.6) is 0 Å². The molecule has 0 amide bonds. The van der Waals surface area contributed by atoms with E-state index in [0.29, 0.717) is 11.7 Å². The number of Topliss-reactive ketones (excluding diaryl/α,β-unsaturated/α-hetero) is 1. The topological polar surface area (TPSA) is 43.1 Å². The first kappa shape index (κ1) is 13.7. The fourth-order valence-corrected chi connectivity index (χ4v) is 3.01. The standard InChI is InChI=1S/C14H27NO/c1-4-11-9-7-8-10-12(11)13(16)14(15,5-2)6-3/h11-12H,4-10,15H2,1-3H3. The van der Waals surface area contributed by atoms with Gasteiger partial charge in [0.25, 0.3) is 0 Å². The van der Waals surface area contributed by atoms with Crippen LogP contribution in [0.15, 0.2) is 0 Å². The molecule has 2 heteroatoms. The van der Waals surface area contributed by atoms with Crippen LogP contribution in [0.1, 0.15) is 65.7 Å². The molecule has 0 bridgehead atoms. The number of ketones is 1. The number of carbonyl (C=O) groups is 1. The Kier molecular flexibility index (Phi) is 4.97. The van der Waals surface area contributed by atoms with Gasteiger partial charge in [-0.1, -0.05) is 40.0 Å². The fraction of sp³-hybridized carbons (Fsp3) is 0.929. The highest BCUT2D eigenvalue weighted by atomic mass is 16.1. The van der Waals surface area contributed by atoms with Gasteiger partial charge < -0.3 is 5.73 Å². The molecule has 2 unspecified atom stereocenters. The van der Waals surface area contributed by atoms with Crippen LogP contribution in [-0.2, 0) is 4.79 Å². The van der Waals surface area contributed by atoms with Crippen LogP contribution in [0.4, 0.5) is 0 Å². The minimum atomic E-state index is -0.560. The normalized spacial score (nSPS) is 26.8. The van der Waals surface area contributed by atoms with Gasteiger partial charge in [-0.25, -0.2) is 0 Å². The van der Waals surface area contributed by atoms with Crippen molar-refractivity contribution in [2.45, 2.75) is 71.3 Å². The first-order chi connectivity index (χ1) is 7.59. The molecule has 1 rings (SSSR count). The average Bonchev–Trinajstić information content (AvgIpc) is 2.36. The minimum absolute atomic E-state index is 0.239. The van der Waals surface area contributed by atoms with Crippen LogP contribution in [0, 0.1) is 11.8 Å². The van der Waals surface area contributed by atoms with Crippen LogP contribution in [0.25, 0.3) is 0 Å². The van der Waals surface area contributed by atoms with Crippen molar-refractivity contribution in [2.75, 3.05) is 0 Å². The Labute approximate surface area is 100.0 Å². The average molecular weight is 225 g/mol. The van der Waals surface area contributed by atoms with Crippen LogP contribution >= 0.6 is 0 Å². The highest BCUT2D eigenvalue weighted by molar-refractivity contribution is 5.90. The summed E-state index contributed by atoms with van der Waals surface area (Å²) in [6.07, 6.45) is 7.45. The van der Waals surface area contributed by atoms with E-state index >= 15 is 0 Å². The summed E-state index contributed by atoms with van der Waals surface area (Å²) >= 11 is 0. The van der Waals surface area contributed by atoms with Crippen LogP contribution in [0.3, 0.4) is 0 Å². The lowest BCUT2D eigenvalue weighted by Gasteiger charge is -2.36. The van der Waals surface area contributed by atoms with E-state index in [-0.39, 0.29) is 5.92 Å². The van der Waals surface area contributed by atoms with E-state index < -0.39 is 5.54 Å². The molecule has 94 valence electrons. The molecule has 0 aromatic rings. The van der Waals surface area contributed by atoms with E-state index in [1.165, 1.54) is 19.3 Å². The summed E-state index contributed by atoms with van der Waals surface area (Å²) in [7, 11) is 0. The third-order valence-corrected chi connectivity index (χ3v) is 4.52. The summed E-state index contributed by atoms with van der Waals surface area (Å²) in [6, 6.07) is 0. The molecule has 0 radical (unpaired) electrons. The quantitative estimate of drug-likeness (QED) is 0.780. The van der Waals surface area contributed by atoms with Gasteiger partial charge in [0.2, 0.25) is 0 Å². The highest BCUT2D eigenvalue weighted by Crippen LogP contribution is 2.35. The predicted molar refractivity (Wildman–Crippen MR) is 68.2 cm³/mol. The maximum Gasteiger partial charge on any atom is 0.155 e. The molecule has 1 aliphatic rings. The van der Waals surface area contributed by atoms with Gasteiger partial charge in [-0.15, -0.1) is 0 Å². The molecule has 0 aromatic heterocycles. The summed E-state index contributed by atoms with van der Waals surface area (Å²) in [4.78, 5) is 12.5. The highest BCUT2D eigenvalue weighted by Gasteiger charge is 2.39. The van der Waals surface area contributed by atoms with E-state index in [1.54, 1.807) is 0 Å². The monoisotopic (exact) mass is 225 g/mol. The molecule has 1 fully saturated rings. The summed E-state index contributed by atoms with van der Waals surface area (Å²) in [5, 5.41) is 0. The van der Waals surface area contributed by atoms with E-state index in [9.17, 15) is 4.79 Å². The molecule has 0 aromatic carbocycles. The maximum atomic E-state index is 12.5. The van der Waals surface area contributed by atoms with Gasteiger partial charge in [-0.3, -0.25) is 4.79 Å². The second-order valence-electron chi connectivity index (χ2n) is 5.29. The third-order valence-electron chi connectivity index (χ3n) is 4.52. The van der Waals surface area contributed by atoms with E-state index in [0.717, 1.165) is 25.7 Å². The lowest BCUT2D eigenvalue weighted by Crippen LogP contribution is -2.51. The second kappa shape index (κ2) is 5.81. The van der Waals surface area contributed by atoms with Gasteiger partial charge in [0.05, 0.1) is 5.54 Å². The van der Waals surface area contributed by atoms with E-state index in [4.69, 9.17) is 5.73 Å². The number of rotatable bonds is 5. The summed E-state index contributed by atoms with van der Waals surface area (Å²) in [5.74, 6) is 1.16. The Morgan fingerprint density at radius 3 is 2.25 bits per heavy atom. The molecule has 16 heavy (non-hydrogen) atoms. The SMILES string of the molecule is CCC1CCCCC1C(=O)C(N)(CC)CC. The van der Waals surface area contributed by atoms with Crippen molar-refractivity contribution in [3.8, 4) is 0 Å². The first-order valence-electron chi connectivity index (χ1n) is 6.92. The fourth-order valence-electron chi connectivity index (χ4n) is 3.01. The molecule has 2 atom stereocenters. The Hall–Kier alpha value is -0.370. The van der Waals surface area contributed by atoms with Gasteiger partial charge >= 0.3 is 0 Å². The zero-order chi connectivity index (χ0) is 12.2. The molecule has 1 aliphatic carbocycles. The zero-order valence-electron chi connectivity index (χ0n) is 11.1. The largest absolute Gasteiger partial charge is 0.319 e. The minimum Gasteiger partial charge on any atom is -0.319 e. The van der Waals surface area contributed by atoms with E-state index in [1.807, 2.05) is 13.8 Å². The Morgan fingerprint density at radius 1 is 1.19 bits per heavy atom. The number of nitrogens with two attached hydrogens (primary N) is 1. The molecular weight excluding hydrogens is 198 g/mol. The summed E-state index contributed by atoms with van der Waals surface area (Å²) in [6.45, 7) is 6.27. The number of carbonyl (C=O) groups excluding carboxylic acids is 1. The van der Waals surface area contributed by atoms with Crippen molar-refractivity contribution in [1.82, 2.24) is 0 Å². The number of hydrogen-bond acceptors (Lipinski definition) is 2. The Morgan fingerprint density at radius 2 is 1.75 bits per heavy atom. The van der Waals surface area contributed by atoms with Crippen LogP contribution in [0.2, 0.25) is 0 Å². The van der Waals surface area contributed by atoms with E-state index in [2.05, 4.69) is 6.92 Å². The second-order valence-corrected chi connectivity index (χ2v) is 5.29. The molecule has 0 spiro atoms. The lowest BCUT2D eigenvalue weighted by molar-refractivity contribution is -0.131. The molecule has 2 nitrogen and oxygen atoms in total. The molecule has 1 saturated carbocycles.